The first-order valence-corrected chi connectivity index (χ1v) is 10.5. The summed E-state index contributed by atoms with van der Waals surface area (Å²) in [6, 6.07) is 9.72. The Morgan fingerprint density at radius 3 is 2.73 bits per heavy atom. The van der Waals surface area contributed by atoms with Crippen molar-refractivity contribution in [2.45, 2.75) is 43.9 Å². The minimum Gasteiger partial charge on any atom is -0.381 e. The first kappa shape index (κ1) is 19.4. The summed E-state index contributed by atoms with van der Waals surface area (Å²) >= 11 is 0. The molecule has 1 N–H and O–H groups in total. The first-order chi connectivity index (χ1) is 14.5. The van der Waals surface area contributed by atoms with E-state index in [4.69, 9.17) is 9.72 Å². The molecule has 2 aliphatic rings. The van der Waals surface area contributed by atoms with Crippen molar-refractivity contribution in [2.75, 3.05) is 26.3 Å². The van der Waals surface area contributed by atoms with Gasteiger partial charge in [-0.15, -0.1) is 0 Å². The number of hydrogen-bond acceptors (Lipinski definition) is 5. The van der Waals surface area contributed by atoms with Crippen molar-refractivity contribution in [3.63, 3.8) is 0 Å². The summed E-state index contributed by atoms with van der Waals surface area (Å²) in [6.07, 6.45) is 3.69. The maximum absolute atomic E-state index is 15.1. The van der Waals surface area contributed by atoms with Crippen LogP contribution < -0.4 is 5.56 Å². The Labute approximate surface area is 173 Å². The van der Waals surface area contributed by atoms with Gasteiger partial charge in [0.25, 0.3) is 5.56 Å². The maximum Gasteiger partial charge on any atom is 0.262 e. The van der Waals surface area contributed by atoms with Crippen LogP contribution in [0.1, 0.15) is 43.2 Å². The smallest absolute Gasteiger partial charge is 0.262 e. The number of benzene rings is 1. The number of H-pyrrole nitrogens is 1. The molecule has 2 aliphatic heterocycles. The van der Waals surface area contributed by atoms with Gasteiger partial charge < -0.3 is 9.72 Å². The molecule has 1 atom stereocenters. The van der Waals surface area contributed by atoms with E-state index >= 15 is 4.39 Å². The van der Waals surface area contributed by atoms with Crippen LogP contribution in [0.3, 0.4) is 0 Å². The van der Waals surface area contributed by atoms with E-state index in [-0.39, 0.29) is 17.6 Å². The molecule has 3 aromatic rings. The number of aromatic nitrogens is 4. The van der Waals surface area contributed by atoms with E-state index in [2.05, 4.69) is 10.1 Å². The first-order valence-electron chi connectivity index (χ1n) is 10.5. The SMILES string of the molecule is C[C@H](c1nc2c(cnn2C2CCOCC2)c(=O)[nH]1)N1CC(F)(Cc2ccccc2)C1. The number of rotatable bonds is 5. The van der Waals surface area contributed by atoms with Crippen molar-refractivity contribution in [1.29, 1.82) is 0 Å². The Morgan fingerprint density at radius 1 is 1.27 bits per heavy atom. The number of halogens is 1. The van der Waals surface area contributed by atoms with Crippen molar-refractivity contribution in [2.24, 2.45) is 0 Å². The molecule has 4 heterocycles. The molecule has 0 saturated carbocycles. The van der Waals surface area contributed by atoms with Crippen LogP contribution in [0.25, 0.3) is 11.0 Å². The summed E-state index contributed by atoms with van der Waals surface area (Å²) in [4.78, 5) is 22.3. The second-order valence-corrected chi connectivity index (χ2v) is 8.52. The number of nitrogens with one attached hydrogen (secondary N) is 1. The summed E-state index contributed by atoms with van der Waals surface area (Å²) in [6.45, 7) is 3.98. The highest BCUT2D eigenvalue weighted by molar-refractivity contribution is 5.73. The van der Waals surface area contributed by atoms with Gasteiger partial charge in [0.15, 0.2) is 5.65 Å². The Bertz CT molecular complexity index is 1080. The van der Waals surface area contributed by atoms with E-state index in [9.17, 15) is 4.79 Å². The third-order valence-electron chi connectivity index (χ3n) is 6.30. The van der Waals surface area contributed by atoms with Crippen LogP contribution in [-0.2, 0) is 11.2 Å². The van der Waals surface area contributed by atoms with Gasteiger partial charge in [-0.25, -0.2) is 14.1 Å². The number of alkyl halides is 1. The fourth-order valence-corrected chi connectivity index (χ4v) is 4.55. The summed E-state index contributed by atoms with van der Waals surface area (Å²) in [5, 5.41) is 4.92. The van der Waals surface area contributed by atoms with Gasteiger partial charge in [0, 0.05) is 32.7 Å². The van der Waals surface area contributed by atoms with Crippen LogP contribution in [0, 0.1) is 0 Å². The average molecular weight is 411 g/mol. The third kappa shape index (κ3) is 3.54. The molecule has 0 radical (unpaired) electrons. The predicted molar refractivity (Wildman–Crippen MR) is 111 cm³/mol. The molecule has 5 rings (SSSR count). The Balaban J connectivity index is 1.35. The number of ether oxygens (including phenoxy) is 1. The lowest BCUT2D eigenvalue weighted by Gasteiger charge is -2.47. The molecule has 0 unspecified atom stereocenters. The predicted octanol–water partition coefficient (Wildman–Crippen LogP) is 2.80. The van der Waals surface area contributed by atoms with Gasteiger partial charge in [0.2, 0.25) is 0 Å². The minimum absolute atomic E-state index is 0.181. The Kier molecular flexibility index (Phi) is 4.91. The number of hydrogen-bond donors (Lipinski definition) is 1. The average Bonchev–Trinajstić information content (AvgIpc) is 3.17. The van der Waals surface area contributed by atoms with Crippen molar-refractivity contribution >= 4 is 11.0 Å². The number of nitrogens with zero attached hydrogens (tertiary/aromatic N) is 4. The fraction of sp³-hybridized carbons (Fsp3) is 0.500. The van der Waals surface area contributed by atoms with Crippen LogP contribution >= 0.6 is 0 Å². The molecule has 30 heavy (non-hydrogen) atoms. The van der Waals surface area contributed by atoms with Gasteiger partial charge in [-0.3, -0.25) is 9.69 Å². The molecule has 8 heteroatoms. The lowest BCUT2D eigenvalue weighted by molar-refractivity contribution is -0.0554. The van der Waals surface area contributed by atoms with E-state index in [0.29, 0.717) is 49.6 Å². The van der Waals surface area contributed by atoms with Gasteiger partial charge in [-0.05, 0) is 25.3 Å². The fourth-order valence-electron chi connectivity index (χ4n) is 4.55. The number of aromatic amines is 1. The largest absolute Gasteiger partial charge is 0.381 e. The molecule has 0 aliphatic carbocycles. The highest BCUT2D eigenvalue weighted by Gasteiger charge is 2.45. The third-order valence-corrected chi connectivity index (χ3v) is 6.30. The minimum atomic E-state index is -1.25. The molecular weight excluding hydrogens is 385 g/mol. The van der Waals surface area contributed by atoms with E-state index in [0.717, 1.165) is 18.4 Å². The highest BCUT2D eigenvalue weighted by atomic mass is 19.1. The lowest BCUT2D eigenvalue weighted by atomic mass is 9.87. The van der Waals surface area contributed by atoms with E-state index in [1.54, 1.807) is 6.20 Å². The summed E-state index contributed by atoms with van der Waals surface area (Å²) in [7, 11) is 0. The van der Waals surface area contributed by atoms with E-state index < -0.39 is 5.67 Å². The molecule has 7 nitrogen and oxygen atoms in total. The summed E-state index contributed by atoms with van der Waals surface area (Å²) in [5.74, 6) is 0.558. The quantitative estimate of drug-likeness (QED) is 0.699. The van der Waals surface area contributed by atoms with Crippen LogP contribution in [0.5, 0.6) is 0 Å². The standard InChI is InChI=1S/C22H26FN5O2/c1-15(27-13-22(23,14-27)11-16-5-3-2-4-6-16)19-25-20-18(21(29)26-19)12-24-28(20)17-7-9-30-10-8-17/h2-6,12,15,17H,7-11,13-14H2,1H3,(H,25,26,29)/t15-/m1/s1. The maximum atomic E-state index is 15.1. The molecular formula is C22H26FN5O2. The zero-order valence-corrected chi connectivity index (χ0v) is 17.1. The van der Waals surface area contributed by atoms with Crippen molar-refractivity contribution in [1.82, 2.24) is 24.6 Å². The highest BCUT2D eigenvalue weighted by Crippen LogP contribution is 2.35. The number of fused-ring (bicyclic) bond motifs is 1. The van der Waals surface area contributed by atoms with E-state index in [1.807, 2.05) is 46.8 Å². The molecule has 2 fully saturated rings. The van der Waals surface area contributed by atoms with Crippen LogP contribution in [-0.4, -0.2) is 56.6 Å². The van der Waals surface area contributed by atoms with Gasteiger partial charge >= 0.3 is 0 Å². The topological polar surface area (TPSA) is 76.0 Å². The summed E-state index contributed by atoms with van der Waals surface area (Å²) < 4.78 is 22.4. The molecule has 2 aromatic heterocycles. The van der Waals surface area contributed by atoms with E-state index in [1.165, 1.54) is 0 Å². The Morgan fingerprint density at radius 2 is 2.00 bits per heavy atom. The molecule has 1 aromatic carbocycles. The molecule has 0 bridgehead atoms. The van der Waals surface area contributed by atoms with Gasteiger partial charge in [-0.1, -0.05) is 30.3 Å². The van der Waals surface area contributed by atoms with Crippen LogP contribution in [0.15, 0.2) is 41.3 Å². The second-order valence-electron chi connectivity index (χ2n) is 8.52. The van der Waals surface area contributed by atoms with Crippen LogP contribution in [0.4, 0.5) is 4.39 Å². The van der Waals surface area contributed by atoms with Crippen LogP contribution in [0.2, 0.25) is 0 Å². The summed E-state index contributed by atoms with van der Waals surface area (Å²) in [5.41, 5.74) is 0.157. The van der Waals surface area contributed by atoms with Crippen molar-refractivity contribution in [3.05, 3.63) is 58.3 Å². The van der Waals surface area contributed by atoms with Gasteiger partial charge in [0.05, 0.1) is 18.3 Å². The van der Waals surface area contributed by atoms with Crippen molar-refractivity contribution < 1.29 is 9.13 Å². The second kappa shape index (κ2) is 7.59. The molecule has 0 spiro atoms. The molecule has 2 saturated heterocycles. The molecule has 158 valence electrons. The Hall–Kier alpha value is -2.58. The monoisotopic (exact) mass is 411 g/mol. The zero-order valence-electron chi connectivity index (χ0n) is 17.1. The number of likely N-dealkylation sites (tertiary alicyclic amines) is 1. The van der Waals surface area contributed by atoms with Gasteiger partial charge in [0.1, 0.15) is 16.9 Å². The molecule has 0 amide bonds. The van der Waals surface area contributed by atoms with Crippen molar-refractivity contribution in [3.8, 4) is 0 Å². The van der Waals surface area contributed by atoms with Gasteiger partial charge in [-0.2, -0.15) is 5.10 Å². The lowest BCUT2D eigenvalue weighted by Crippen LogP contribution is -2.60. The normalized spacial score (nSPS) is 20.9. The zero-order chi connectivity index (χ0) is 20.7.